The molecule has 0 radical (unpaired) electrons. The number of likely N-dealkylation sites (N-methyl/N-ethyl adjacent to an activating group) is 3. The highest BCUT2D eigenvalue weighted by molar-refractivity contribution is 6.30. The third-order valence-electron chi connectivity index (χ3n) is 32.3. The van der Waals surface area contributed by atoms with Gasteiger partial charge in [-0.25, -0.2) is 0 Å². The predicted octanol–water partition coefficient (Wildman–Crippen LogP) is 23.8. The second-order valence-corrected chi connectivity index (χ2v) is 51.8. The van der Waals surface area contributed by atoms with E-state index in [0.29, 0.717) is 45.8 Å². The van der Waals surface area contributed by atoms with Gasteiger partial charge in [-0.2, -0.15) is 26.3 Å². The second-order valence-electron chi connectivity index (χ2n) is 50.9. The van der Waals surface area contributed by atoms with E-state index in [2.05, 4.69) is 318 Å². The normalized spacial score (nSPS) is 20.9. The van der Waals surface area contributed by atoms with Crippen molar-refractivity contribution in [1.29, 1.82) is 0 Å². The molecule has 9 fully saturated rings. The third-order valence-corrected chi connectivity index (χ3v) is 32.8. The Morgan fingerprint density at radius 2 is 0.639 bits per heavy atom. The first-order valence-corrected chi connectivity index (χ1v) is 55.6. The average molecular weight is 2060 g/mol. The maximum absolute atomic E-state index is 12.6. The molecule has 9 aliphatic rings. The fourth-order valence-electron chi connectivity index (χ4n) is 22.1. The molecule has 0 unspecified atom stereocenters. The Morgan fingerprint density at radius 1 is 0.347 bits per heavy atom. The van der Waals surface area contributed by atoms with Crippen LogP contribution in [0, 0.1) is 17.3 Å². The van der Waals surface area contributed by atoms with Crippen molar-refractivity contribution in [2.24, 2.45) is 17.3 Å². The van der Waals surface area contributed by atoms with Crippen LogP contribution in [0.5, 0.6) is 5.75 Å². The minimum absolute atomic E-state index is 0.0650. The van der Waals surface area contributed by atoms with E-state index in [4.69, 9.17) is 37.4 Å². The number of methoxy groups -OCH3 is 1. The number of alkyl halides is 6. The number of hydrogen-bond acceptors (Lipinski definition) is 17. The van der Waals surface area contributed by atoms with Crippen LogP contribution in [0.4, 0.5) is 26.3 Å². The van der Waals surface area contributed by atoms with Crippen LogP contribution in [0.3, 0.4) is 0 Å². The van der Waals surface area contributed by atoms with Crippen molar-refractivity contribution in [1.82, 2.24) is 68.6 Å². The summed E-state index contributed by atoms with van der Waals surface area (Å²) in [6.45, 7) is 78.2. The number of piperidine rings is 6. The van der Waals surface area contributed by atoms with E-state index in [1.807, 2.05) is 36.4 Å². The fourth-order valence-corrected chi connectivity index (χ4v) is 22.4. The smallest absolute Gasteiger partial charge is 0.416 e. The molecule has 0 amide bonds. The van der Waals surface area contributed by atoms with Gasteiger partial charge < -0.3 is 38.7 Å². The van der Waals surface area contributed by atoms with Gasteiger partial charge in [0.25, 0.3) is 0 Å². The summed E-state index contributed by atoms with van der Waals surface area (Å²) in [5, 5.41) is 1.60. The molecule has 9 heterocycles. The average Bonchev–Trinajstić information content (AvgIpc) is 1.63. The largest absolute Gasteiger partial charge is 0.497 e. The molecular weight excluding hydrogens is 1860 g/mol. The summed E-state index contributed by atoms with van der Waals surface area (Å²) in [7, 11) is 14.5. The van der Waals surface area contributed by atoms with Crippen molar-refractivity contribution in [3.63, 3.8) is 0 Å². The monoisotopic (exact) mass is 2060 g/mol. The molecule has 0 bridgehead atoms. The number of fused-ring (bicyclic) bond motifs is 1. The highest BCUT2D eigenvalue weighted by Crippen LogP contribution is 2.38. The Morgan fingerprint density at radius 3 is 0.931 bits per heavy atom. The highest BCUT2D eigenvalue weighted by atomic mass is 35.5. The van der Waals surface area contributed by atoms with Gasteiger partial charge in [-0.15, -0.1) is 0 Å². The minimum atomic E-state index is -4.25. The molecule has 14 rings (SSSR count). The minimum Gasteiger partial charge on any atom is -0.497 e. The van der Waals surface area contributed by atoms with Crippen LogP contribution in [0.15, 0.2) is 127 Å². The first kappa shape index (κ1) is 125. The number of ether oxygens (including phenoxy) is 3. The van der Waals surface area contributed by atoms with Crippen LogP contribution >= 0.6 is 23.2 Å². The Hall–Kier alpha value is -4.58. The lowest BCUT2D eigenvalue weighted by Gasteiger charge is -2.46. The van der Waals surface area contributed by atoms with Gasteiger partial charge in [-0.05, 0) is 372 Å². The van der Waals surface area contributed by atoms with Crippen molar-refractivity contribution in [3.05, 3.63) is 171 Å². The van der Waals surface area contributed by atoms with Gasteiger partial charge in [0.05, 0.1) is 45.6 Å². The summed E-state index contributed by atoms with van der Waals surface area (Å²) < 4.78 is 91.0. The standard InChI is InChI=1S/C19H29ClN2O.C19H29F3N2.C19H32N2O.C18H29ClN2.C17H28N2.C15H30N2O.C12H23F3N2/c1-19(2,3)22-12-16-10-21(11-17(16)13-22)8-9-23-14-15-4-6-18(20)7-5-15;1-18(2,3)24-13-10-17(11-14-24)23(4)12-9-15-5-7-16(8-6-15)19(20,21)22;1-19(2,3)21-14-11-17(12-15-21)20(4)13-10-16-6-8-18(22-5)9-7-16;1-18(2,3)21-13-10-17(11-14-21)20(4)12-9-15-5-7-16(19)8-6-15;1-17(2,3)19-12-10-16(11-13-19)18(4)14-15-8-6-5-7-9-15;1-14(2,3)17-8-6-13(7-9-17)16(5)10-15(4)11-18-12-15;1-11(2,3)17-7-5-10(6-8-17)16(4)9-12(13,14)15/h4-7,16-17H,8-14H2,1-3H3;5-8,17H,9-14H2,1-4H3;6-9,17H,10-15H2,1-5H3;5-8,17H,9-14H2,1-4H3;5-9,16H,10-14H2,1-4H3;13H,6-12H2,1-5H3;10H,5-9H2,1-4H3/t16-,17+;;;;;;. The van der Waals surface area contributed by atoms with Gasteiger partial charge >= 0.3 is 12.4 Å². The van der Waals surface area contributed by atoms with Gasteiger partial charge in [0.2, 0.25) is 0 Å². The number of rotatable bonds is 26. The van der Waals surface area contributed by atoms with Gasteiger partial charge in [0.1, 0.15) is 5.75 Å². The summed E-state index contributed by atoms with van der Waals surface area (Å²) in [6.07, 6.45) is 8.97. The van der Waals surface area contributed by atoms with E-state index < -0.39 is 24.5 Å². The molecule has 25 heteroatoms. The van der Waals surface area contributed by atoms with Crippen LogP contribution in [0.1, 0.15) is 263 Å². The number of halogens is 8. The summed E-state index contributed by atoms with van der Waals surface area (Å²) in [4.78, 5) is 34.5. The van der Waals surface area contributed by atoms with Gasteiger partial charge in [0.15, 0.2) is 0 Å². The lowest BCUT2D eigenvalue weighted by atomic mass is 9.87. The Balaban J connectivity index is 0.000000206. The molecule has 144 heavy (non-hydrogen) atoms. The van der Waals surface area contributed by atoms with Crippen molar-refractivity contribution in [2.45, 2.75) is 349 Å². The molecule has 0 saturated carbocycles. The zero-order chi connectivity index (χ0) is 107. The van der Waals surface area contributed by atoms with Gasteiger partial charge in [-0.1, -0.05) is 109 Å². The first-order valence-electron chi connectivity index (χ1n) is 54.8. The lowest BCUT2D eigenvalue weighted by Crippen LogP contribution is -2.54. The summed E-state index contributed by atoms with van der Waals surface area (Å²) in [6, 6.07) is 44.5. The van der Waals surface area contributed by atoms with Crippen molar-refractivity contribution >= 4 is 23.2 Å². The van der Waals surface area contributed by atoms with E-state index in [1.54, 1.807) is 26.3 Å². The molecule has 0 aliphatic carbocycles. The Bertz CT molecular complexity index is 4310. The number of hydrogen-bond donors (Lipinski definition) is 0. The fraction of sp³-hybridized carbons (Fsp3) is 0.748. The van der Waals surface area contributed by atoms with Crippen molar-refractivity contribution < 1.29 is 40.6 Å². The third kappa shape index (κ3) is 43.9. The Labute approximate surface area is 883 Å². The van der Waals surface area contributed by atoms with Crippen LogP contribution in [0.2, 0.25) is 10.0 Å². The number of benzene rings is 5. The zero-order valence-electron chi connectivity index (χ0n) is 95.5. The number of nitrogens with zero attached hydrogens (tertiary/aromatic N) is 14. The second kappa shape index (κ2) is 56.9. The maximum atomic E-state index is 12.6. The molecule has 17 nitrogen and oxygen atoms in total. The maximum Gasteiger partial charge on any atom is 0.416 e. The molecular formula is C119H200Cl2F6N14O3. The van der Waals surface area contributed by atoms with Crippen LogP contribution in [0.25, 0.3) is 0 Å². The van der Waals surface area contributed by atoms with E-state index in [9.17, 15) is 26.3 Å². The molecule has 0 N–H and O–H groups in total. The summed E-state index contributed by atoms with van der Waals surface area (Å²) in [5.41, 5.74) is 8.11. The molecule has 5 aromatic carbocycles. The van der Waals surface area contributed by atoms with E-state index in [0.717, 1.165) is 181 Å². The summed E-state index contributed by atoms with van der Waals surface area (Å²) >= 11 is 11.8. The molecule has 2 atom stereocenters. The Kier molecular flexibility index (Phi) is 49.2. The molecule has 9 aliphatic heterocycles. The van der Waals surface area contributed by atoms with Crippen molar-refractivity contribution in [3.8, 4) is 5.75 Å². The molecule has 5 aromatic rings. The summed E-state index contributed by atoms with van der Waals surface area (Å²) in [5.74, 6) is 2.64. The zero-order valence-corrected chi connectivity index (χ0v) is 97.0. The predicted molar refractivity (Wildman–Crippen MR) is 595 cm³/mol. The van der Waals surface area contributed by atoms with E-state index in [1.165, 1.54) is 176 Å². The lowest BCUT2D eigenvalue weighted by molar-refractivity contribution is -0.149. The SMILES string of the molecule is CC(C)(C)N1C[C@H]2CN(CCOCc3ccc(Cl)cc3)C[C@H]2C1.CN(CC(F)(F)F)C1CCN(C(C)(C)C)CC1.CN(CC1(C)COC1)C1CCN(C(C)(C)C)CC1.CN(CCc1ccc(C(F)(F)F)cc1)C1CCN(C(C)(C)C)CC1.CN(CCc1ccc(Cl)cc1)C1CCN(C(C)(C)C)CC1.CN(Cc1ccccc1)C1CCN(C(C)(C)C)CC1.COc1ccc(CCN(C)C2CCN(C(C)(C)C)CC2)cc1. The van der Waals surface area contributed by atoms with Crippen LogP contribution in [-0.2, 0) is 48.1 Å². The van der Waals surface area contributed by atoms with Crippen LogP contribution in [-0.4, -0.2) is 363 Å². The van der Waals surface area contributed by atoms with Crippen LogP contribution < -0.4 is 4.74 Å². The molecule has 0 aromatic heterocycles. The first-order chi connectivity index (χ1) is 67.1. The highest BCUT2D eigenvalue weighted by Gasteiger charge is 2.44. The topological polar surface area (TPSA) is 73.1 Å². The van der Waals surface area contributed by atoms with Gasteiger partial charge in [-0.3, -0.25) is 44.1 Å². The van der Waals surface area contributed by atoms with Crippen molar-refractivity contribution in [2.75, 3.05) is 213 Å². The van der Waals surface area contributed by atoms with E-state index in [-0.39, 0.29) is 17.1 Å². The van der Waals surface area contributed by atoms with Gasteiger partial charge in [0, 0.05) is 234 Å². The number of likely N-dealkylation sites (tertiary alicyclic amines) is 8. The van der Waals surface area contributed by atoms with E-state index >= 15 is 0 Å². The molecule has 0 spiro atoms. The quantitative estimate of drug-likeness (QED) is 0.0389. The molecule has 820 valence electrons. The molecule has 9 saturated heterocycles.